The van der Waals surface area contributed by atoms with Gasteiger partial charge in [0.05, 0.1) is 30.9 Å². The summed E-state index contributed by atoms with van der Waals surface area (Å²) in [6.45, 7) is 3.69. The van der Waals surface area contributed by atoms with Crippen molar-refractivity contribution in [2.75, 3.05) is 39.2 Å². The molecule has 4 aromatic rings. The predicted octanol–water partition coefficient (Wildman–Crippen LogP) is 5.09. The van der Waals surface area contributed by atoms with Crippen molar-refractivity contribution in [2.24, 2.45) is 0 Å². The summed E-state index contributed by atoms with van der Waals surface area (Å²) in [5.74, 6) is 0.230. The quantitative estimate of drug-likeness (QED) is 0.264. The summed E-state index contributed by atoms with van der Waals surface area (Å²) in [7, 11) is -1.03. The Labute approximate surface area is 239 Å². The van der Waals surface area contributed by atoms with E-state index in [1.54, 1.807) is 28.8 Å². The van der Waals surface area contributed by atoms with Crippen molar-refractivity contribution in [1.82, 2.24) is 13.9 Å². The number of benzene rings is 3. The number of nitrogens with zero attached hydrogens (tertiary/aromatic N) is 3. The van der Waals surface area contributed by atoms with Gasteiger partial charge >= 0.3 is 0 Å². The van der Waals surface area contributed by atoms with Crippen molar-refractivity contribution in [3.8, 4) is 22.7 Å². The van der Waals surface area contributed by atoms with Crippen molar-refractivity contribution >= 4 is 33.5 Å². The highest BCUT2D eigenvalue weighted by atomic mass is 35.5. The zero-order chi connectivity index (χ0) is 28.9. The standard InChI is InChI=1S/C29H31ClN4O5S/c1-20-5-10-24(17-21(20)2)34-18-27(22-6-8-23(30)9-7-22)31-29(34)32-28(35)19-33(15-16-38-3)40(36,37)26-13-11-25(39-4)12-14-26/h5-14,17-18H,15-16,19H2,1-4H3,(H,31,32,35). The van der Waals surface area contributed by atoms with Crippen LogP contribution < -0.4 is 10.1 Å². The van der Waals surface area contributed by atoms with Crippen molar-refractivity contribution in [1.29, 1.82) is 0 Å². The molecule has 0 unspecified atom stereocenters. The monoisotopic (exact) mass is 582 g/mol. The molecule has 0 fully saturated rings. The molecule has 1 N–H and O–H groups in total. The van der Waals surface area contributed by atoms with Crippen molar-refractivity contribution < 1.29 is 22.7 Å². The molecule has 0 aliphatic carbocycles. The molecule has 0 aliphatic heterocycles. The summed E-state index contributed by atoms with van der Waals surface area (Å²) in [6.07, 6.45) is 1.82. The topological polar surface area (TPSA) is 103 Å². The summed E-state index contributed by atoms with van der Waals surface area (Å²) in [5, 5.41) is 3.41. The average molecular weight is 583 g/mol. The Kier molecular flexibility index (Phi) is 9.26. The van der Waals surface area contributed by atoms with Gasteiger partial charge in [0.15, 0.2) is 0 Å². The number of hydrogen-bond acceptors (Lipinski definition) is 6. The second kappa shape index (κ2) is 12.6. The van der Waals surface area contributed by atoms with Crippen molar-refractivity contribution in [3.63, 3.8) is 0 Å². The molecule has 0 spiro atoms. The van der Waals surface area contributed by atoms with Gasteiger partial charge in [0.2, 0.25) is 21.9 Å². The molecule has 1 aromatic heterocycles. The van der Waals surface area contributed by atoms with Gasteiger partial charge in [0, 0.05) is 36.1 Å². The van der Waals surface area contributed by atoms with E-state index in [1.165, 1.54) is 26.4 Å². The lowest BCUT2D eigenvalue weighted by Gasteiger charge is -2.21. The van der Waals surface area contributed by atoms with Gasteiger partial charge in [-0.15, -0.1) is 0 Å². The number of carbonyl (C=O) groups excluding carboxylic acids is 1. The molecule has 9 nitrogen and oxygen atoms in total. The molecule has 40 heavy (non-hydrogen) atoms. The Hall–Kier alpha value is -3.70. The third-order valence-electron chi connectivity index (χ3n) is 6.43. The van der Waals surface area contributed by atoms with Crippen LogP contribution in [0.25, 0.3) is 16.9 Å². The SMILES string of the molecule is COCCN(CC(=O)Nc1nc(-c2ccc(Cl)cc2)cn1-c1ccc(C)c(C)c1)S(=O)(=O)c1ccc(OC)cc1. The number of anilines is 1. The van der Waals surface area contributed by atoms with Gasteiger partial charge in [-0.2, -0.15) is 4.31 Å². The maximum Gasteiger partial charge on any atom is 0.243 e. The van der Waals surface area contributed by atoms with Crippen LogP contribution in [0.3, 0.4) is 0 Å². The van der Waals surface area contributed by atoms with Crippen molar-refractivity contribution in [3.05, 3.63) is 89.1 Å². The predicted molar refractivity (Wildman–Crippen MR) is 156 cm³/mol. The van der Waals surface area contributed by atoms with Gasteiger partial charge in [-0.25, -0.2) is 13.4 Å². The highest BCUT2D eigenvalue weighted by molar-refractivity contribution is 7.89. The van der Waals surface area contributed by atoms with E-state index in [9.17, 15) is 13.2 Å². The van der Waals surface area contributed by atoms with Crippen LogP contribution in [-0.4, -0.2) is 62.1 Å². The Bertz CT molecular complexity index is 1590. The summed E-state index contributed by atoms with van der Waals surface area (Å²) in [6, 6.07) is 19.1. The molecule has 11 heteroatoms. The number of imidazole rings is 1. The maximum absolute atomic E-state index is 13.4. The lowest BCUT2D eigenvalue weighted by Crippen LogP contribution is -2.40. The molecule has 0 aliphatic rings. The zero-order valence-corrected chi connectivity index (χ0v) is 24.3. The van der Waals surface area contributed by atoms with Gasteiger partial charge in [-0.3, -0.25) is 14.7 Å². The van der Waals surface area contributed by atoms with E-state index in [-0.39, 0.29) is 24.0 Å². The van der Waals surface area contributed by atoms with Gasteiger partial charge in [-0.05, 0) is 73.5 Å². The van der Waals surface area contributed by atoms with Gasteiger partial charge in [0.25, 0.3) is 0 Å². The number of halogens is 1. The Balaban J connectivity index is 1.65. The fourth-order valence-electron chi connectivity index (χ4n) is 4.00. The lowest BCUT2D eigenvalue weighted by molar-refractivity contribution is -0.116. The number of carbonyl (C=O) groups is 1. The van der Waals surface area contributed by atoms with Gasteiger partial charge in [0.1, 0.15) is 5.75 Å². The van der Waals surface area contributed by atoms with Crippen LogP contribution in [0.4, 0.5) is 5.95 Å². The van der Waals surface area contributed by atoms with Crippen LogP contribution in [0.1, 0.15) is 11.1 Å². The summed E-state index contributed by atoms with van der Waals surface area (Å²) >= 11 is 6.06. The minimum absolute atomic E-state index is 0.0140. The fraction of sp³-hybridized carbons (Fsp3) is 0.241. The van der Waals surface area contributed by atoms with E-state index in [0.29, 0.717) is 16.5 Å². The second-order valence-electron chi connectivity index (χ2n) is 9.15. The third kappa shape index (κ3) is 6.71. The highest BCUT2D eigenvalue weighted by Gasteiger charge is 2.27. The first-order valence-corrected chi connectivity index (χ1v) is 14.3. The fourth-order valence-corrected chi connectivity index (χ4v) is 5.51. The third-order valence-corrected chi connectivity index (χ3v) is 8.54. The zero-order valence-electron chi connectivity index (χ0n) is 22.7. The molecule has 0 radical (unpaired) electrons. The first-order chi connectivity index (χ1) is 19.1. The first kappa shape index (κ1) is 29.3. The van der Waals surface area contributed by atoms with E-state index >= 15 is 0 Å². The normalized spacial score (nSPS) is 11.6. The number of amides is 1. The minimum atomic E-state index is -4.00. The lowest BCUT2D eigenvalue weighted by atomic mass is 10.1. The molecule has 1 amide bonds. The number of aryl methyl sites for hydroxylation is 2. The molecule has 0 bridgehead atoms. The van der Waals surface area contributed by atoms with Crippen LogP contribution in [0.2, 0.25) is 5.02 Å². The number of hydrogen-bond donors (Lipinski definition) is 1. The number of rotatable bonds is 11. The van der Waals surface area contributed by atoms with Crippen LogP contribution >= 0.6 is 11.6 Å². The molecular weight excluding hydrogens is 552 g/mol. The van der Waals surface area contributed by atoms with E-state index in [1.807, 2.05) is 50.4 Å². The number of methoxy groups -OCH3 is 2. The molecule has 3 aromatic carbocycles. The first-order valence-electron chi connectivity index (χ1n) is 12.5. The molecule has 0 saturated carbocycles. The van der Waals surface area contributed by atoms with Crippen LogP contribution in [0.15, 0.2) is 77.8 Å². The highest BCUT2D eigenvalue weighted by Crippen LogP contribution is 2.27. The van der Waals surface area contributed by atoms with Crippen LogP contribution in [0.5, 0.6) is 5.75 Å². The number of sulfonamides is 1. The number of ether oxygens (including phenoxy) is 2. The average Bonchev–Trinajstić information content (AvgIpc) is 3.36. The van der Waals surface area contributed by atoms with E-state index in [0.717, 1.165) is 26.7 Å². The van der Waals surface area contributed by atoms with Crippen LogP contribution in [0, 0.1) is 13.8 Å². The summed E-state index contributed by atoms with van der Waals surface area (Å²) in [4.78, 5) is 18.0. The maximum atomic E-state index is 13.4. The van der Waals surface area contributed by atoms with Crippen molar-refractivity contribution in [2.45, 2.75) is 18.7 Å². The van der Waals surface area contributed by atoms with Gasteiger partial charge in [-0.1, -0.05) is 29.8 Å². The Morgan fingerprint density at radius 2 is 1.70 bits per heavy atom. The minimum Gasteiger partial charge on any atom is -0.497 e. The number of aromatic nitrogens is 2. The Morgan fingerprint density at radius 1 is 1.00 bits per heavy atom. The summed E-state index contributed by atoms with van der Waals surface area (Å²) in [5.41, 5.74) is 4.43. The van der Waals surface area contributed by atoms with Gasteiger partial charge < -0.3 is 9.47 Å². The molecule has 4 rings (SSSR count). The largest absolute Gasteiger partial charge is 0.497 e. The Morgan fingerprint density at radius 3 is 2.33 bits per heavy atom. The van der Waals surface area contributed by atoms with E-state index in [4.69, 9.17) is 21.1 Å². The second-order valence-corrected chi connectivity index (χ2v) is 11.5. The molecular formula is C29H31ClN4O5S. The molecule has 1 heterocycles. The smallest absolute Gasteiger partial charge is 0.243 e. The molecule has 0 atom stereocenters. The molecule has 210 valence electrons. The number of nitrogens with one attached hydrogen (secondary N) is 1. The summed E-state index contributed by atoms with van der Waals surface area (Å²) < 4.78 is 39.9. The van der Waals surface area contributed by atoms with Crippen LogP contribution in [-0.2, 0) is 19.6 Å². The van der Waals surface area contributed by atoms with E-state index < -0.39 is 22.5 Å². The van der Waals surface area contributed by atoms with E-state index in [2.05, 4.69) is 10.3 Å². The molecule has 0 saturated heterocycles.